The van der Waals surface area contributed by atoms with Crippen LogP contribution in [0.5, 0.6) is 0 Å². The summed E-state index contributed by atoms with van der Waals surface area (Å²) in [5.41, 5.74) is 2.33. The Bertz CT molecular complexity index is 1240. The first-order valence-electron chi connectivity index (χ1n) is 10.5. The Morgan fingerprint density at radius 2 is 1.82 bits per heavy atom. The van der Waals surface area contributed by atoms with Gasteiger partial charge in [-0.1, -0.05) is 75.2 Å². The Morgan fingerprint density at radius 1 is 1.06 bits per heavy atom. The van der Waals surface area contributed by atoms with Gasteiger partial charge in [0.1, 0.15) is 5.25 Å². The van der Waals surface area contributed by atoms with Crippen molar-refractivity contribution in [2.45, 2.75) is 18.1 Å². The van der Waals surface area contributed by atoms with Crippen LogP contribution in [-0.4, -0.2) is 33.7 Å². The van der Waals surface area contributed by atoms with Crippen LogP contribution in [0.1, 0.15) is 12.0 Å². The van der Waals surface area contributed by atoms with Crippen molar-refractivity contribution >= 4 is 79.3 Å². The molecule has 0 aliphatic carbocycles. The molecule has 1 N–H and O–H groups in total. The van der Waals surface area contributed by atoms with Gasteiger partial charge in [-0.25, -0.2) is 4.99 Å². The van der Waals surface area contributed by atoms with Gasteiger partial charge in [0.25, 0.3) is 0 Å². The Labute approximate surface area is 220 Å². The molecular weight excluding hydrogens is 557 g/mol. The first-order valence-corrected chi connectivity index (χ1v) is 12.9. The molecule has 0 spiro atoms. The van der Waals surface area contributed by atoms with E-state index in [4.69, 9.17) is 23.2 Å². The third kappa shape index (κ3) is 6.63. The van der Waals surface area contributed by atoms with Crippen LogP contribution < -0.4 is 5.32 Å². The topological polar surface area (TPSA) is 61.8 Å². The second-order valence-corrected chi connectivity index (χ2v) is 10.6. The number of benzene rings is 3. The van der Waals surface area contributed by atoms with Crippen molar-refractivity contribution in [3.63, 3.8) is 0 Å². The van der Waals surface area contributed by atoms with Gasteiger partial charge in [-0.05, 0) is 60.5 Å². The summed E-state index contributed by atoms with van der Waals surface area (Å²) in [5.74, 6) is -0.393. The summed E-state index contributed by atoms with van der Waals surface area (Å²) in [6.45, 7) is 0.437. The maximum atomic E-state index is 13.2. The van der Waals surface area contributed by atoms with Gasteiger partial charge in [0.05, 0.1) is 5.69 Å². The van der Waals surface area contributed by atoms with Gasteiger partial charge < -0.3 is 5.32 Å². The fourth-order valence-corrected chi connectivity index (χ4v) is 5.23. The zero-order valence-corrected chi connectivity index (χ0v) is 21.8. The minimum atomic E-state index is -0.601. The lowest BCUT2D eigenvalue weighted by Gasteiger charge is -2.32. The van der Waals surface area contributed by atoms with Crippen LogP contribution in [0.15, 0.2) is 82.3 Å². The summed E-state index contributed by atoms with van der Waals surface area (Å²) in [6, 6.07) is 22.0. The number of nitrogens with one attached hydrogen (secondary N) is 1. The van der Waals surface area contributed by atoms with E-state index in [-0.39, 0.29) is 18.2 Å². The van der Waals surface area contributed by atoms with Gasteiger partial charge in [0, 0.05) is 33.2 Å². The highest BCUT2D eigenvalue weighted by Gasteiger charge is 2.35. The van der Waals surface area contributed by atoms with Crippen molar-refractivity contribution in [3.05, 3.63) is 92.9 Å². The maximum absolute atomic E-state index is 13.2. The van der Waals surface area contributed by atoms with E-state index >= 15 is 0 Å². The fourth-order valence-electron chi connectivity index (χ4n) is 3.40. The molecule has 9 heteroatoms. The summed E-state index contributed by atoms with van der Waals surface area (Å²) in [6.07, 6.45) is 0.715. The Balaban J connectivity index is 1.55. The number of carbonyl (C=O) groups is 2. The molecule has 1 unspecified atom stereocenters. The average Bonchev–Trinajstić information content (AvgIpc) is 2.79. The largest absolute Gasteiger partial charge is 0.325 e. The van der Waals surface area contributed by atoms with E-state index in [0.717, 1.165) is 10.0 Å². The van der Waals surface area contributed by atoms with E-state index < -0.39 is 5.25 Å². The monoisotopic (exact) mass is 575 g/mol. The molecule has 0 bridgehead atoms. The number of nitrogens with zero attached hydrogens (tertiary/aromatic N) is 2. The number of rotatable bonds is 6. The van der Waals surface area contributed by atoms with E-state index in [2.05, 4.69) is 26.2 Å². The molecule has 1 heterocycles. The number of carbonyl (C=O) groups excluding carboxylic acids is 2. The second kappa shape index (κ2) is 11.4. The molecule has 1 fully saturated rings. The standard InChI is InChI=1S/C25H20BrCl2N3O2S/c26-17-3-1-5-20(13-17)29-24(33)22-15-23(32)31(12-11-16-7-9-18(27)10-8-16)25(34-22)30-21-6-2-4-19(28)14-21/h1-10,13-14,22H,11-12,15H2,(H,29,33). The van der Waals surface area contributed by atoms with Gasteiger partial charge in [-0.3, -0.25) is 14.5 Å². The molecule has 3 aromatic rings. The molecule has 4 rings (SSSR count). The van der Waals surface area contributed by atoms with Gasteiger partial charge in [-0.2, -0.15) is 0 Å². The SMILES string of the molecule is O=C(Nc1cccc(Br)c1)C1CC(=O)N(CCc2ccc(Cl)cc2)C(=Nc2cccc(Cl)c2)S1. The fraction of sp³-hybridized carbons (Fsp3) is 0.160. The van der Waals surface area contributed by atoms with Crippen molar-refractivity contribution in [2.24, 2.45) is 4.99 Å². The smallest absolute Gasteiger partial charge is 0.238 e. The van der Waals surface area contributed by atoms with Crippen molar-refractivity contribution in [2.75, 3.05) is 11.9 Å². The highest BCUT2D eigenvalue weighted by atomic mass is 79.9. The normalized spacial score (nSPS) is 17.1. The molecule has 174 valence electrons. The Morgan fingerprint density at radius 3 is 2.56 bits per heavy atom. The van der Waals surface area contributed by atoms with Gasteiger partial charge >= 0.3 is 0 Å². The molecular formula is C25H20BrCl2N3O2S. The maximum Gasteiger partial charge on any atom is 0.238 e. The molecule has 0 aromatic heterocycles. The van der Waals surface area contributed by atoms with E-state index in [1.165, 1.54) is 11.8 Å². The van der Waals surface area contributed by atoms with Crippen LogP contribution in [0.3, 0.4) is 0 Å². The molecule has 0 radical (unpaired) electrons. The molecule has 1 atom stereocenters. The van der Waals surface area contributed by atoms with Crippen molar-refractivity contribution < 1.29 is 9.59 Å². The Hall–Kier alpha value is -2.32. The lowest BCUT2D eigenvalue weighted by molar-refractivity contribution is -0.129. The first-order chi connectivity index (χ1) is 16.4. The summed E-state index contributed by atoms with van der Waals surface area (Å²) < 4.78 is 0.856. The van der Waals surface area contributed by atoms with Crippen LogP contribution in [0.4, 0.5) is 11.4 Å². The van der Waals surface area contributed by atoms with Gasteiger partial charge in [0.15, 0.2) is 5.17 Å². The molecule has 5 nitrogen and oxygen atoms in total. The molecule has 2 amide bonds. The van der Waals surface area contributed by atoms with E-state index in [9.17, 15) is 9.59 Å². The lowest BCUT2D eigenvalue weighted by Crippen LogP contribution is -2.46. The summed E-state index contributed by atoms with van der Waals surface area (Å²) in [7, 11) is 0. The van der Waals surface area contributed by atoms with Crippen LogP contribution in [0.2, 0.25) is 10.0 Å². The first kappa shape index (κ1) is 24.8. The van der Waals surface area contributed by atoms with Gasteiger partial charge in [-0.15, -0.1) is 0 Å². The minimum absolute atomic E-state index is 0.0830. The second-order valence-electron chi connectivity index (χ2n) is 7.61. The quantitative estimate of drug-likeness (QED) is 0.345. The van der Waals surface area contributed by atoms with Crippen molar-refractivity contribution in [1.29, 1.82) is 0 Å². The molecule has 1 aliphatic heterocycles. The summed E-state index contributed by atoms with van der Waals surface area (Å²) >= 11 is 16.8. The summed E-state index contributed by atoms with van der Waals surface area (Å²) in [5, 5.41) is 3.98. The average molecular weight is 577 g/mol. The van der Waals surface area contributed by atoms with Crippen molar-refractivity contribution in [1.82, 2.24) is 4.90 Å². The van der Waals surface area contributed by atoms with Crippen LogP contribution in [0, 0.1) is 0 Å². The number of anilines is 1. The molecule has 1 saturated heterocycles. The molecule has 3 aromatic carbocycles. The minimum Gasteiger partial charge on any atom is -0.325 e. The third-order valence-corrected chi connectivity index (χ3v) is 7.26. The lowest BCUT2D eigenvalue weighted by atomic mass is 10.1. The number of halogens is 3. The third-order valence-electron chi connectivity index (χ3n) is 5.09. The summed E-state index contributed by atoms with van der Waals surface area (Å²) in [4.78, 5) is 32.5. The zero-order chi connectivity index (χ0) is 24.1. The van der Waals surface area contributed by atoms with E-state index in [1.54, 1.807) is 29.2 Å². The number of thioether (sulfide) groups is 1. The molecule has 1 aliphatic rings. The predicted octanol–water partition coefficient (Wildman–Crippen LogP) is 6.96. The number of hydrogen-bond acceptors (Lipinski definition) is 4. The number of amidine groups is 1. The molecule has 34 heavy (non-hydrogen) atoms. The highest BCUT2D eigenvalue weighted by molar-refractivity contribution is 9.10. The van der Waals surface area contributed by atoms with E-state index in [1.807, 2.05) is 48.5 Å². The van der Waals surface area contributed by atoms with Crippen LogP contribution in [0.25, 0.3) is 0 Å². The van der Waals surface area contributed by atoms with Crippen molar-refractivity contribution in [3.8, 4) is 0 Å². The number of aliphatic imine (C=N–C) groups is 1. The highest BCUT2D eigenvalue weighted by Crippen LogP contribution is 2.31. The predicted molar refractivity (Wildman–Crippen MR) is 144 cm³/mol. The van der Waals surface area contributed by atoms with Crippen LogP contribution >= 0.6 is 50.9 Å². The number of amides is 2. The number of hydrogen-bond donors (Lipinski definition) is 1. The van der Waals surface area contributed by atoms with E-state index in [0.29, 0.717) is 39.6 Å². The molecule has 0 saturated carbocycles. The van der Waals surface area contributed by atoms with Crippen LogP contribution in [-0.2, 0) is 16.0 Å². The van der Waals surface area contributed by atoms with Gasteiger partial charge in [0.2, 0.25) is 11.8 Å². The zero-order valence-electron chi connectivity index (χ0n) is 17.9. The Kier molecular flexibility index (Phi) is 8.32.